The van der Waals surface area contributed by atoms with Gasteiger partial charge in [-0.3, -0.25) is 0 Å². The van der Waals surface area contributed by atoms with Gasteiger partial charge < -0.3 is 0 Å². The highest BCUT2D eigenvalue weighted by molar-refractivity contribution is 7.25. The van der Waals surface area contributed by atoms with E-state index in [4.69, 9.17) is 0 Å². The minimum atomic E-state index is 1.25. The monoisotopic (exact) mass is 572 g/mol. The summed E-state index contributed by atoms with van der Waals surface area (Å²) in [5, 5.41) is 7.90. The fraction of sp³-hybridized carbons (Fsp3) is 0. The van der Waals surface area contributed by atoms with Crippen LogP contribution < -0.4 is 27.3 Å². The van der Waals surface area contributed by atoms with Crippen LogP contribution in [0.25, 0.3) is 75.1 Å². The minimum absolute atomic E-state index is 1.25. The standard InChI is InChI=1S/C38H29B5S/c39-34-33(35(40)37(42)38(43)36(34)41)32-25-12-6-4-10-23(25)31(24-11-5-7-13-26(24)32)22-15-17-30-28(19-22)27-18-21(14-16-29(27)44-30)20-8-2-1-3-9-20/h1-19H,39-43H2. The zero-order chi connectivity index (χ0) is 30.1. The van der Waals surface area contributed by atoms with Gasteiger partial charge in [-0.25, -0.2) is 0 Å². The van der Waals surface area contributed by atoms with Crippen molar-refractivity contribution < 1.29 is 0 Å². The van der Waals surface area contributed by atoms with Crippen LogP contribution in [-0.2, 0) is 0 Å². The van der Waals surface area contributed by atoms with E-state index in [0.29, 0.717) is 0 Å². The maximum Gasteiger partial charge on any atom is 0.139 e. The Morgan fingerprint density at radius 2 is 0.750 bits per heavy atom. The van der Waals surface area contributed by atoms with Gasteiger partial charge in [-0.05, 0) is 79.2 Å². The van der Waals surface area contributed by atoms with Gasteiger partial charge in [0, 0.05) is 20.2 Å². The average molecular weight is 572 g/mol. The highest BCUT2D eigenvalue weighted by Crippen LogP contribution is 2.45. The molecule has 0 aliphatic carbocycles. The van der Waals surface area contributed by atoms with E-state index in [9.17, 15) is 0 Å². The van der Waals surface area contributed by atoms with Crippen LogP contribution in [-0.4, -0.2) is 39.2 Å². The lowest BCUT2D eigenvalue weighted by Crippen LogP contribution is -2.55. The number of rotatable bonds is 3. The molecular weight excluding hydrogens is 543 g/mol. The summed E-state index contributed by atoms with van der Waals surface area (Å²) in [6.07, 6.45) is 0. The van der Waals surface area contributed by atoms with Gasteiger partial charge in [-0.15, -0.1) is 27.7 Å². The first-order valence-electron chi connectivity index (χ1n) is 15.4. The van der Waals surface area contributed by atoms with Crippen LogP contribution in [0.1, 0.15) is 0 Å². The molecule has 0 fully saturated rings. The van der Waals surface area contributed by atoms with Crippen LogP contribution in [0.2, 0.25) is 0 Å². The summed E-state index contributed by atoms with van der Waals surface area (Å²) in [6.45, 7) is 0. The number of fused-ring (bicyclic) bond motifs is 5. The van der Waals surface area contributed by atoms with E-state index in [2.05, 4.69) is 154 Å². The summed E-state index contributed by atoms with van der Waals surface area (Å²) in [5.41, 5.74) is 14.8. The normalized spacial score (nSPS) is 11.6. The van der Waals surface area contributed by atoms with Crippen LogP contribution in [0.5, 0.6) is 0 Å². The van der Waals surface area contributed by atoms with Crippen LogP contribution in [0.15, 0.2) is 115 Å². The summed E-state index contributed by atoms with van der Waals surface area (Å²) in [4.78, 5) is 0. The van der Waals surface area contributed by atoms with Gasteiger partial charge in [0.05, 0.1) is 0 Å². The Morgan fingerprint density at radius 1 is 0.318 bits per heavy atom. The van der Waals surface area contributed by atoms with Gasteiger partial charge in [0.15, 0.2) is 0 Å². The van der Waals surface area contributed by atoms with Crippen LogP contribution in [0, 0.1) is 0 Å². The summed E-state index contributed by atoms with van der Waals surface area (Å²) in [7, 11) is 11.4. The molecule has 0 bridgehead atoms. The molecule has 0 radical (unpaired) electrons. The molecule has 1 heterocycles. The second-order valence-electron chi connectivity index (χ2n) is 12.2. The molecule has 44 heavy (non-hydrogen) atoms. The Balaban J connectivity index is 1.45. The Labute approximate surface area is 267 Å². The molecule has 0 N–H and O–H groups in total. The van der Waals surface area contributed by atoms with Gasteiger partial charge in [0.1, 0.15) is 39.2 Å². The van der Waals surface area contributed by atoms with Gasteiger partial charge in [0.25, 0.3) is 0 Å². The summed E-state index contributed by atoms with van der Waals surface area (Å²) in [5.74, 6) is 0. The van der Waals surface area contributed by atoms with Crippen LogP contribution in [0.4, 0.5) is 0 Å². The van der Waals surface area contributed by atoms with Gasteiger partial charge in [-0.1, -0.05) is 102 Å². The van der Waals surface area contributed by atoms with Crippen molar-refractivity contribution in [2.75, 3.05) is 0 Å². The molecule has 0 nitrogen and oxygen atoms in total. The maximum atomic E-state index is 2.44. The Bertz CT molecular complexity index is 2360. The van der Waals surface area contributed by atoms with Crippen molar-refractivity contribution in [3.05, 3.63) is 115 Å². The highest BCUT2D eigenvalue weighted by Gasteiger charge is 2.21. The Hall–Kier alpha value is -4.40. The smallest absolute Gasteiger partial charge is 0.135 e. The van der Waals surface area contributed by atoms with E-state index >= 15 is 0 Å². The van der Waals surface area contributed by atoms with Crippen molar-refractivity contribution in [1.29, 1.82) is 0 Å². The maximum absolute atomic E-state index is 2.44. The lowest BCUT2D eigenvalue weighted by Gasteiger charge is -2.24. The van der Waals surface area contributed by atoms with E-state index in [-0.39, 0.29) is 0 Å². The number of hydrogen-bond acceptors (Lipinski definition) is 1. The largest absolute Gasteiger partial charge is 0.139 e. The first-order valence-corrected chi connectivity index (χ1v) is 16.3. The third kappa shape index (κ3) is 4.05. The fourth-order valence-corrected chi connectivity index (χ4v) is 8.39. The molecule has 8 aromatic rings. The van der Waals surface area contributed by atoms with Gasteiger partial charge in [0.2, 0.25) is 0 Å². The molecule has 6 heteroatoms. The molecule has 0 saturated carbocycles. The average Bonchev–Trinajstić information content (AvgIpc) is 3.44. The molecule has 8 rings (SSSR count). The Kier molecular flexibility index (Phi) is 6.40. The first kappa shape index (κ1) is 27.2. The number of benzene rings is 7. The zero-order valence-electron chi connectivity index (χ0n) is 25.9. The van der Waals surface area contributed by atoms with Crippen molar-refractivity contribution in [1.82, 2.24) is 0 Å². The summed E-state index contributed by atoms with van der Waals surface area (Å²) in [6, 6.07) is 42.8. The summed E-state index contributed by atoms with van der Waals surface area (Å²) >= 11 is 1.88. The predicted molar refractivity (Wildman–Crippen MR) is 212 cm³/mol. The molecule has 0 saturated heterocycles. The van der Waals surface area contributed by atoms with E-state index in [0.717, 1.165) is 0 Å². The van der Waals surface area contributed by atoms with E-state index in [1.807, 2.05) is 11.3 Å². The highest BCUT2D eigenvalue weighted by atomic mass is 32.1. The minimum Gasteiger partial charge on any atom is -0.135 e. The zero-order valence-corrected chi connectivity index (χ0v) is 26.7. The molecule has 0 spiro atoms. The van der Waals surface area contributed by atoms with Crippen LogP contribution >= 0.6 is 11.3 Å². The quantitative estimate of drug-likeness (QED) is 0.226. The SMILES string of the molecule is Bc1c(B)c(B)c(-c2c3ccccc3c(-c3ccc4sc5ccc(-c6ccccc6)cc5c4c3)c3ccccc23)c(B)c1B. The van der Waals surface area contributed by atoms with Crippen molar-refractivity contribution in [3.8, 4) is 33.4 Å². The molecule has 0 aliphatic rings. The van der Waals surface area contributed by atoms with E-state index in [1.165, 1.54) is 102 Å². The second-order valence-corrected chi connectivity index (χ2v) is 13.3. The molecular formula is C38H29B5S. The third-order valence-electron chi connectivity index (χ3n) is 10.0. The summed E-state index contributed by atoms with van der Waals surface area (Å²) < 4.78 is 2.66. The molecule has 0 aliphatic heterocycles. The lowest BCUT2D eigenvalue weighted by atomic mass is 9.59. The van der Waals surface area contributed by atoms with Crippen molar-refractivity contribution in [2.24, 2.45) is 0 Å². The predicted octanol–water partition coefficient (Wildman–Crippen LogP) is 2.65. The molecule has 7 aromatic carbocycles. The molecule has 1 aromatic heterocycles. The van der Waals surface area contributed by atoms with Crippen molar-refractivity contribution in [3.63, 3.8) is 0 Å². The molecule has 202 valence electrons. The first-order chi connectivity index (χ1) is 21.4. The molecule has 0 atom stereocenters. The van der Waals surface area contributed by atoms with Crippen molar-refractivity contribution >= 4 is 120 Å². The van der Waals surface area contributed by atoms with E-state index in [1.54, 1.807) is 0 Å². The number of thiophene rings is 1. The van der Waals surface area contributed by atoms with Crippen molar-refractivity contribution in [2.45, 2.75) is 0 Å². The van der Waals surface area contributed by atoms with Gasteiger partial charge in [-0.2, -0.15) is 0 Å². The lowest BCUT2D eigenvalue weighted by molar-refractivity contribution is 1.66. The molecule has 0 amide bonds. The number of hydrogen-bond donors (Lipinski definition) is 0. The topological polar surface area (TPSA) is 0 Å². The molecule has 0 unspecified atom stereocenters. The fourth-order valence-electron chi connectivity index (χ4n) is 7.33. The van der Waals surface area contributed by atoms with Crippen LogP contribution in [0.3, 0.4) is 0 Å². The Morgan fingerprint density at radius 3 is 1.30 bits per heavy atom. The second kappa shape index (κ2) is 10.4. The van der Waals surface area contributed by atoms with E-state index < -0.39 is 0 Å². The van der Waals surface area contributed by atoms with Gasteiger partial charge >= 0.3 is 0 Å². The third-order valence-corrected chi connectivity index (χ3v) is 11.2.